The Labute approximate surface area is 80.7 Å². The molecule has 0 bridgehead atoms. The minimum Gasteiger partial charge on any atom is -0.400 e. The van der Waals surface area contributed by atoms with E-state index in [1.807, 2.05) is 0 Å². The van der Waals surface area contributed by atoms with Crippen LogP contribution in [0.2, 0.25) is 0 Å². The van der Waals surface area contributed by atoms with E-state index in [0.717, 1.165) is 13.4 Å². The smallest absolute Gasteiger partial charge is 0.400 e. The molecule has 0 saturated carbocycles. The Balaban J connectivity index is -0.000000149. The second kappa shape index (κ2) is 9.16. The number of hydrogen-bond acceptors (Lipinski definition) is 5. The first-order valence-corrected chi connectivity index (χ1v) is 2.92. The Morgan fingerprint density at radius 3 is 1.80 bits per heavy atom. The van der Waals surface area contributed by atoms with Crippen molar-refractivity contribution in [3.8, 4) is 6.26 Å². The van der Waals surface area contributed by atoms with Crippen LogP contribution in [0.5, 0.6) is 0 Å². The van der Waals surface area contributed by atoms with Crippen molar-refractivity contribution in [3.63, 3.8) is 0 Å². The molecular formula is C2H5NNaO5S. The molecular weight excluding hydrogens is 173 g/mol. The molecule has 0 fully saturated rings. The minimum absolute atomic E-state index is 0. The average Bonchev–Trinajstić information content (AvgIpc) is 1.69. The molecule has 0 saturated heterocycles. The van der Waals surface area contributed by atoms with Gasteiger partial charge in [-0.15, -0.1) is 5.26 Å². The van der Waals surface area contributed by atoms with Gasteiger partial charge in [0, 0.05) is 36.7 Å². The molecule has 10 heavy (non-hydrogen) atoms. The summed E-state index contributed by atoms with van der Waals surface area (Å²) >= 11 is 0. The first-order valence-electron chi connectivity index (χ1n) is 1.56. The van der Waals surface area contributed by atoms with Crippen molar-refractivity contribution in [3.05, 3.63) is 0 Å². The molecule has 0 aliphatic carbocycles. The van der Waals surface area contributed by atoms with E-state index in [-0.39, 0.29) is 29.6 Å². The zero-order valence-electron chi connectivity index (χ0n) is 5.47. The van der Waals surface area contributed by atoms with Crippen LogP contribution in [0.4, 0.5) is 0 Å². The third-order valence-electron chi connectivity index (χ3n) is 0.143. The van der Waals surface area contributed by atoms with Gasteiger partial charge in [-0.05, 0) is 0 Å². The molecule has 0 amide bonds. The maximum atomic E-state index is 9.34. The Bertz CT molecular complexity index is 180. The number of nitrogens with zero attached hydrogens (tertiary/aromatic N) is 1. The van der Waals surface area contributed by atoms with Gasteiger partial charge in [0.25, 0.3) is 0 Å². The summed E-state index contributed by atoms with van der Waals surface area (Å²) in [5.41, 5.74) is 0. The van der Waals surface area contributed by atoms with Gasteiger partial charge < -0.3 is 5.11 Å². The molecule has 0 aromatic rings. The second-order valence-corrected chi connectivity index (χ2v) is 1.62. The first kappa shape index (κ1) is 16.6. The molecule has 0 aromatic carbocycles. The van der Waals surface area contributed by atoms with Gasteiger partial charge in [-0.1, -0.05) is 0 Å². The van der Waals surface area contributed by atoms with E-state index in [1.165, 1.54) is 0 Å². The van der Waals surface area contributed by atoms with Crippen LogP contribution in [0.3, 0.4) is 0 Å². The van der Waals surface area contributed by atoms with Crippen LogP contribution in [0.25, 0.3) is 0 Å². The SMILES string of the molecule is CO.N#COS(=O)(=O)O.[Na]. The molecule has 0 aliphatic heterocycles. The Hall–Kier alpha value is 0.160. The van der Waals surface area contributed by atoms with Gasteiger partial charge in [-0.3, -0.25) is 8.74 Å². The van der Waals surface area contributed by atoms with Crippen molar-refractivity contribution in [2.24, 2.45) is 0 Å². The summed E-state index contributed by atoms with van der Waals surface area (Å²) in [6.07, 6.45) is 0.770. The van der Waals surface area contributed by atoms with Crippen molar-refractivity contribution in [1.82, 2.24) is 0 Å². The molecule has 8 heteroatoms. The molecule has 0 atom stereocenters. The third kappa shape index (κ3) is 24.2. The summed E-state index contributed by atoms with van der Waals surface area (Å²) in [5.74, 6) is 0. The fourth-order valence-electron chi connectivity index (χ4n) is 0.0471. The van der Waals surface area contributed by atoms with Crippen molar-refractivity contribution >= 4 is 40.0 Å². The molecule has 0 aliphatic rings. The van der Waals surface area contributed by atoms with Crippen LogP contribution in [0, 0.1) is 11.5 Å². The van der Waals surface area contributed by atoms with Crippen LogP contribution >= 0.6 is 0 Å². The summed E-state index contributed by atoms with van der Waals surface area (Å²) < 4.78 is 29.3. The zero-order chi connectivity index (χ0) is 7.91. The molecule has 1 radical (unpaired) electrons. The van der Waals surface area contributed by atoms with Gasteiger partial charge >= 0.3 is 16.7 Å². The van der Waals surface area contributed by atoms with Crippen molar-refractivity contribution in [2.75, 3.05) is 7.11 Å². The Kier molecular flexibility index (Phi) is 15.2. The molecule has 55 valence electrons. The largest absolute Gasteiger partial charge is 0.456 e. The topological polar surface area (TPSA) is 108 Å². The molecule has 0 rings (SSSR count). The maximum Gasteiger partial charge on any atom is 0.456 e. The molecule has 0 aromatic heterocycles. The van der Waals surface area contributed by atoms with Gasteiger partial charge in [-0.25, -0.2) is 0 Å². The molecule has 6 nitrogen and oxygen atoms in total. The van der Waals surface area contributed by atoms with E-state index < -0.39 is 10.4 Å². The first-order chi connectivity index (χ1) is 4.06. The van der Waals surface area contributed by atoms with E-state index >= 15 is 0 Å². The monoisotopic (exact) mass is 178 g/mol. The zero-order valence-corrected chi connectivity index (χ0v) is 8.29. The van der Waals surface area contributed by atoms with Crippen molar-refractivity contribution in [2.45, 2.75) is 0 Å². The number of aliphatic hydroxyl groups is 1. The minimum atomic E-state index is -4.54. The van der Waals surface area contributed by atoms with Crippen LogP contribution < -0.4 is 0 Å². The number of rotatable bonds is 1. The van der Waals surface area contributed by atoms with E-state index in [1.54, 1.807) is 0 Å². The number of hydrogen-bond donors (Lipinski definition) is 2. The molecule has 0 unspecified atom stereocenters. The fourth-order valence-corrected chi connectivity index (χ4v) is 0.141. The predicted octanol–water partition coefficient (Wildman–Crippen LogP) is -1.49. The number of nitriles is 1. The van der Waals surface area contributed by atoms with Crippen LogP contribution in [0.15, 0.2) is 0 Å². The normalized spacial score (nSPS) is 7.40. The van der Waals surface area contributed by atoms with Crippen LogP contribution in [0.1, 0.15) is 0 Å². The molecule has 0 heterocycles. The predicted molar refractivity (Wildman–Crippen MR) is 32.1 cm³/mol. The summed E-state index contributed by atoms with van der Waals surface area (Å²) in [6, 6.07) is 0. The molecule has 0 spiro atoms. The average molecular weight is 178 g/mol. The van der Waals surface area contributed by atoms with E-state index in [2.05, 4.69) is 4.18 Å². The summed E-state index contributed by atoms with van der Waals surface area (Å²) in [5, 5.41) is 14.4. The summed E-state index contributed by atoms with van der Waals surface area (Å²) in [6.45, 7) is 0. The second-order valence-electron chi connectivity index (χ2n) is 0.602. The van der Waals surface area contributed by atoms with Gasteiger partial charge in [0.05, 0.1) is 0 Å². The fraction of sp³-hybridized carbons (Fsp3) is 0.500. The quantitative estimate of drug-likeness (QED) is 0.288. The molecule has 2 N–H and O–H groups in total. The van der Waals surface area contributed by atoms with Gasteiger partial charge in [0.2, 0.25) is 0 Å². The van der Waals surface area contributed by atoms with Crippen LogP contribution in [-0.2, 0) is 14.6 Å². The van der Waals surface area contributed by atoms with E-state index in [9.17, 15) is 8.42 Å². The van der Waals surface area contributed by atoms with Gasteiger partial charge in [0.15, 0.2) is 0 Å². The summed E-state index contributed by atoms with van der Waals surface area (Å²) in [4.78, 5) is 0. The summed E-state index contributed by atoms with van der Waals surface area (Å²) in [7, 11) is -3.54. The maximum absolute atomic E-state index is 9.34. The van der Waals surface area contributed by atoms with Crippen molar-refractivity contribution < 1.29 is 22.3 Å². The van der Waals surface area contributed by atoms with Gasteiger partial charge in [-0.2, -0.15) is 8.42 Å². The number of aliphatic hydroxyl groups excluding tert-OH is 1. The van der Waals surface area contributed by atoms with E-state index in [0.29, 0.717) is 0 Å². The Morgan fingerprint density at radius 1 is 1.50 bits per heavy atom. The van der Waals surface area contributed by atoms with Crippen LogP contribution in [-0.4, -0.2) is 54.7 Å². The van der Waals surface area contributed by atoms with E-state index in [4.69, 9.17) is 14.9 Å². The van der Waals surface area contributed by atoms with Gasteiger partial charge in [0.1, 0.15) is 0 Å². The Morgan fingerprint density at radius 2 is 1.80 bits per heavy atom. The third-order valence-corrected chi connectivity index (χ3v) is 0.428. The standard InChI is InChI=1S/CHNO4S.CH4O.Na/c2-1-6-7(3,4)5;1-2;/h(H,3,4,5);2H,1H3;. The van der Waals surface area contributed by atoms with Crippen molar-refractivity contribution in [1.29, 1.82) is 5.26 Å².